The second-order valence-corrected chi connectivity index (χ2v) is 5.94. The lowest BCUT2D eigenvalue weighted by Crippen LogP contribution is -2.42. The van der Waals surface area contributed by atoms with Crippen LogP contribution < -0.4 is 9.64 Å². The standard InChI is InChI=1S/C18H22N2O6/c1-3-19(8-7-18(24)25)16(22)6-9-20-14-10-13(12(2)21)4-5-15(14)26-11-17(20)23/h4-5,10H,3,6-9,11H2,1-2H3,(H,24,25). The second-order valence-electron chi connectivity index (χ2n) is 5.94. The zero-order valence-electron chi connectivity index (χ0n) is 14.9. The minimum Gasteiger partial charge on any atom is -0.482 e. The van der Waals surface area contributed by atoms with Crippen LogP contribution in [0.2, 0.25) is 0 Å². The van der Waals surface area contributed by atoms with Gasteiger partial charge in [-0.05, 0) is 32.0 Å². The quantitative estimate of drug-likeness (QED) is 0.700. The second kappa shape index (κ2) is 8.46. The maximum Gasteiger partial charge on any atom is 0.305 e. The Bertz CT molecular complexity index is 730. The smallest absolute Gasteiger partial charge is 0.305 e. The molecule has 1 aliphatic heterocycles. The van der Waals surface area contributed by atoms with E-state index in [9.17, 15) is 19.2 Å². The highest BCUT2D eigenvalue weighted by Crippen LogP contribution is 2.33. The average Bonchev–Trinajstić information content (AvgIpc) is 2.60. The van der Waals surface area contributed by atoms with Crippen LogP contribution in [0.25, 0.3) is 0 Å². The largest absolute Gasteiger partial charge is 0.482 e. The Morgan fingerprint density at radius 1 is 1.27 bits per heavy atom. The fourth-order valence-corrected chi connectivity index (χ4v) is 2.72. The van der Waals surface area contributed by atoms with E-state index in [0.29, 0.717) is 23.5 Å². The number of fused-ring (bicyclic) bond motifs is 1. The maximum absolute atomic E-state index is 12.3. The predicted octanol–water partition coefficient (Wildman–Crippen LogP) is 1.33. The van der Waals surface area contributed by atoms with Gasteiger partial charge in [0.05, 0.1) is 12.1 Å². The van der Waals surface area contributed by atoms with Crippen molar-refractivity contribution in [2.75, 3.05) is 31.1 Å². The molecule has 0 radical (unpaired) electrons. The molecule has 0 fully saturated rings. The fourth-order valence-electron chi connectivity index (χ4n) is 2.72. The summed E-state index contributed by atoms with van der Waals surface area (Å²) in [6.45, 7) is 3.74. The number of Topliss-reactive ketones (excluding diaryl/α,β-unsaturated/α-hetero) is 1. The van der Waals surface area contributed by atoms with E-state index in [2.05, 4.69) is 0 Å². The van der Waals surface area contributed by atoms with E-state index in [1.165, 1.54) is 16.7 Å². The van der Waals surface area contributed by atoms with Crippen molar-refractivity contribution in [1.29, 1.82) is 0 Å². The van der Waals surface area contributed by atoms with Crippen LogP contribution in [-0.2, 0) is 14.4 Å². The number of ketones is 1. The predicted molar refractivity (Wildman–Crippen MR) is 93.4 cm³/mol. The summed E-state index contributed by atoms with van der Waals surface area (Å²) < 4.78 is 5.38. The molecule has 2 amide bonds. The molecule has 2 rings (SSSR count). The summed E-state index contributed by atoms with van der Waals surface area (Å²) in [6, 6.07) is 4.85. The van der Waals surface area contributed by atoms with Gasteiger partial charge in [-0.25, -0.2) is 0 Å². The molecule has 1 N–H and O–H groups in total. The minimum absolute atomic E-state index is 0.0585. The van der Waals surface area contributed by atoms with Gasteiger partial charge in [-0.3, -0.25) is 19.2 Å². The van der Waals surface area contributed by atoms with Crippen LogP contribution in [0.4, 0.5) is 5.69 Å². The van der Waals surface area contributed by atoms with E-state index >= 15 is 0 Å². The Balaban J connectivity index is 2.10. The number of carbonyl (C=O) groups excluding carboxylic acids is 3. The number of ether oxygens (including phenoxy) is 1. The molecule has 8 heteroatoms. The number of aliphatic carboxylic acids is 1. The van der Waals surface area contributed by atoms with E-state index < -0.39 is 5.97 Å². The number of anilines is 1. The van der Waals surface area contributed by atoms with E-state index in [1.807, 2.05) is 0 Å². The van der Waals surface area contributed by atoms with Crippen LogP contribution in [-0.4, -0.2) is 59.8 Å². The molecule has 1 aromatic rings. The molecule has 1 heterocycles. The van der Waals surface area contributed by atoms with E-state index in [4.69, 9.17) is 9.84 Å². The van der Waals surface area contributed by atoms with Gasteiger partial charge in [0, 0.05) is 31.6 Å². The number of hydrogen-bond donors (Lipinski definition) is 1. The van der Waals surface area contributed by atoms with Crippen molar-refractivity contribution in [3.63, 3.8) is 0 Å². The van der Waals surface area contributed by atoms with Crippen LogP contribution in [0.15, 0.2) is 18.2 Å². The topological polar surface area (TPSA) is 104 Å². The van der Waals surface area contributed by atoms with Crippen LogP contribution >= 0.6 is 0 Å². The molecule has 0 spiro atoms. The van der Waals surface area contributed by atoms with Gasteiger partial charge in [-0.2, -0.15) is 0 Å². The molecule has 140 valence electrons. The number of amides is 2. The van der Waals surface area contributed by atoms with E-state index in [-0.39, 0.29) is 50.1 Å². The SMILES string of the molecule is CCN(CCC(=O)O)C(=O)CCN1C(=O)COc2ccc(C(C)=O)cc21. The highest BCUT2D eigenvalue weighted by Gasteiger charge is 2.27. The Labute approximate surface area is 151 Å². The van der Waals surface area contributed by atoms with Crippen LogP contribution in [0.5, 0.6) is 5.75 Å². The third-order valence-electron chi connectivity index (χ3n) is 4.19. The lowest BCUT2D eigenvalue weighted by molar-refractivity contribution is -0.138. The van der Waals surface area contributed by atoms with Crippen molar-refractivity contribution in [2.24, 2.45) is 0 Å². The van der Waals surface area contributed by atoms with Gasteiger partial charge < -0.3 is 19.6 Å². The molecular weight excluding hydrogens is 340 g/mol. The zero-order chi connectivity index (χ0) is 19.3. The third kappa shape index (κ3) is 4.59. The fraction of sp³-hybridized carbons (Fsp3) is 0.444. The summed E-state index contributed by atoms with van der Waals surface area (Å²) in [5, 5.41) is 8.76. The van der Waals surface area contributed by atoms with E-state index in [1.54, 1.807) is 25.1 Å². The molecule has 1 aromatic carbocycles. The van der Waals surface area contributed by atoms with Crippen molar-refractivity contribution in [3.05, 3.63) is 23.8 Å². The van der Waals surface area contributed by atoms with E-state index in [0.717, 1.165) is 0 Å². The van der Waals surface area contributed by atoms with Crippen LogP contribution in [0, 0.1) is 0 Å². The molecule has 0 aliphatic carbocycles. The molecular formula is C18H22N2O6. The minimum atomic E-state index is -0.967. The Hall–Kier alpha value is -2.90. The summed E-state index contributed by atoms with van der Waals surface area (Å²) in [7, 11) is 0. The molecule has 0 atom stereocenters. The number of nitrogens with zero attached hydrogens (tertiary/aromatic N) is 2. The molecule has 8 nitrogen and oxygen atoms in total. The average molecular weight is 362 g/mol. The first-order valence-electron chi connectivity index (χ1n) is 8.41. The monoisotopic (exact) mass is 362 g/mol. The number of benzene rings is 1. The lowest BCUT2D eigenvalue weighted by Gasteiger charge is -2.30. The number of carboxylic acids is 1. The first-order chi connectivity index (χ1) is 12.3. The van der Waals surface area contributed by atoms with Gasteiger partial charge >= 0.3 is 5.97 Å². The van der Waals surface area contributed by atoms with Gasteiger partial charge in [-0.1, -0.05) is 0 Å². The van der Waals surface area contributed by atoms with Crippen molar-refractivity contribution < 1.29 is 29.0 Å². The molecule has 0 saturated heterocycles. The van der Waals surface area contributed by atoms with Crippen LogP contribution in [0.3, 0.4) is 0 Å². The first-order valence-corrected chi connectivity index (χ1v) is 8.41. The molecule has 0 unspecified atom stereocenters. The zero-order valence-corrected chi connectivity index (χ0v) is 14.9. The summed E-state index contributed by atoms with van der Waals surface area (Å²) in [5.41, 5.74) is 0.922. The summed E-state index contributed by atoms with van der Waals surface area (Å²) in [5.74, 6) is -1.13. The van der Waals surface area contributed by atoms with Crippen LogP contribution in [0.1, 0.15) is 37.0 Å². The number of rotatable bonds is 8. The van der Waals surface area contributed by atoms with Gasteiger partial charge in [0.25, 0.3) is 5.91 Å². The number of carbonyl (C=O) groups is 4. The first kappa shape index (κ1) is 19.4. The molecule has 26 heavy (non-hydrogen) atoms. The van der Waals surface area contributed by atoms with Gasteiger partial charge in [-0.15, -0.1) is 0 Å². The maximum atomic E-state index is 12.3. The molecule has 1 aliphatic rings. The van der Waals surface area contributed by atoms with Gasteiger partial charge in [0.1, 0.15) is 5.75 Å². The molecule has 0 aromatic heterocycles. The van der Waals surface area contributed by atoms with Crippen molar-refractivity contribution in [2.45, 2.75) is 26.7 Å². The highest BCUT2D eigenvalue weighted by atomic mass is 16.5. The highest BCUT2D eigenvalue weighted by molar-refractivity contribution is 6.01. The molecule has 0 saturated carbocycles. The number of hydrogen-bond acceptors (Lipinski definition) is 5. The normalized spacial score (nSPS) is 13.0. The van der Waals surface area contributed by atoms with Gasteiger partial charge in [0.15, 0.2) is 12.4 Å². The Kier molecular flexibility index (Phi) is 6.32. The van der Waals surface area contributed by atoms with Crippen molar-refractivity contribution in [1.82, 2.24) is 4.90 Å². The summed E-state index contributed by atoms with van der Waals surface area (Å²) in [4.78, 5) is 49.7. The van der Waals surface area contributed by atoms with Crippen molar-refractivity contribution in [3.8, 4) is 5.75 Å². The Morgan fingerprint density at radius 2 is 2.00 bits per heavy atom. The summed E-state index contributed by atoms with van der Waals surface area (Å²) >= 11 is 0. The van der Waals surface area contributed by atoms with Gasteiger partial charge in [0.2, 0.25) is 5.91 Å². The Morgan fingerprint density at radius 3 is 2.62 bits per heavy atom. The van der Waals surface area contributed by atoms with Crippen molar-refractivity contribution >= 4 is 29.3 Å². The third-order valence-corrected chi connectivity index (χ3v) is 4.19. The number of carboxylic acid groups (broad SMARTS) is 1. The molecule has 0 bridgehead atoms. The lowest BCUT2D eigenvalue weighted by atomic mass is 10.1. The summed E-state index contributed by atoms with van der Waals surface area (Å²) in [6.07, 6.45) is -0.0657.